The van der Waals surface area contributed by atoms with E-state index in [1.807, 2.05) is 18.2 Å². The summed E-state index contributed by atoms with van der Waals surface area (Å²) >= 11 is 0. The number of nitrogens with two attached hydrogens (primary N) is 1. The monoisotopic (exact) mass is 450 g/mol. The van der Waals surface area contributed by atoms with Crippen LogP contribution >= 0.6 is 0 Å². The summed E-state index contributed by atoms with van der Waals surface area (Å²) in [6.07, 6.45) is 4.02. The second kappa shape index (κ2) is 8.46. The number of aliphatic imine (C=N–C) groups is 2. The van der Waals surface area contributed by atoms with Crippen molar-refractivity contribution in [1.29, 1.82) is 0 Å². The molecule has 6 heteroatoms. The van der Waals surface area contributed by atoms with E-state index in [-0.39, 0.29) is 6.17 Å². The largest absolute Gasteiger partial charge is 0.383 e. The van der Waals surface area contributed by atoms with Crippen molar-refractivity contribution in [3.8, 4) is 11.3 Å². The molecule has 3 aliphatic rings. The summed E-state index contributed by atoms with van der Waals surface area (Å²) in [5, 5.41) is 1.13. The van der Waals surface area contributed by atoms with E-state index in [4.69, 9.17) is 15.7 Å². The first-order valence-electron chi connectivity index (χ1n) is 12.0. The fraction of sp³-hybridized carbons (Fsp3) is 0.321. The predicted molar refractivity (Wildman–Crippen MR) is 140 cm³/mol. The molecule has 1 unspecified atom stereocenters. The van der Waals surface area contributed by atoms with Gasteiger partial charge >= 0.3 is 0 Å². The number of fused-ring (bicyclic) bond motifs is 2. The highest BCUT2D eigenvalue weighted by Gasteiger charge is 2.44. The zero-order chi connectivity index (χ0) is 23.2. The first kappa shape index (κ1) is 21.2. The summed E-state index contributed by atoms with van der Waals surface area (Å²) in [4.78, 5) is 18.9. The summed E-state index contributed by atoms with van der Waals surface area (Å²) in [5.74, 6) is 1.35. The zero-order valence-electron chi connectivity index (χ0n) is 19.7. The van der Waals surface area contributed by atoms with Gasteiger partial charge in [-0.05, 0) is 56.1 Å². The van der Waals surface area contributed by atoms with Crippen molar-refractivity contribution in [3.05, 3.63) is 71.8 Å². The van der Waals surface area contributed by atoms with E-state index in [1.54, 1.807) is 6.34 Å². The number of nitrogens with zero attached hydrogens (tertiary/aromatic N) is 5. The van der Waals surface area contributed by atoms with Crippen LogP contribution in [0.4, 0.5) is 0 Å². The van der Waals surface area contributed by atoms with Crippen LogP contribution in [-0.4, -0.2) is 66.4 Å². The molecule has 1 aliphatic carbocycles. The Morgan fingerprint density at radius 1 is 1.00 bits per heavy atom. The first-order valence-corrected chi connectivity index (χ1v) is 12.0. The minimum Gasteiger partial charge on any atom is -0.383 e. The quantitative estimate of drug-likeness (QED) is 0.637. The van der Waals surface area contributed by atoms with Crippen LogP contribution in [0.25, 0.3) is 27.7 Å². The van der Waals surface area contributed by atoms with E-state index in [9.17, 15) is 0 Å². The van der Waals surface area contributed by atoms with Crippen molar-refractivity contribution in [3.63, 3.8) is 0 Å². The van der Waals surface area contributed by atoms with Crippen molar-refractivity contribution in [1.82, 2.24) is 14.8 Å². The Morgan fingerprint density at radius 3 is 2.59 bits per heavy atom. The Balaban J connectivity index is 1.34. The molecule has 0 bridgehead atoms. The maximum absolute atomic E-state index is 6.43. The van der Waals surface area contributed by atoms with Gasteiger partial charge in [0.2, 0.25) is 0 Å². The maximum atomic E-state index is 6.43. The molecule has 0 amide bonds. The standard InChI is InChI=1S/C28H30N6/c1-33(2)15-18-12-22(13-18)34-16-23(26-27(29)30-17-31-28(26)34)21-9-8-20-10-11-24(32-25(20)14-21)19-6-4-3-5-7-19/h3-11,14,17-18,22,28H,12-13,15-16H2,1-2H3,(H2,29,30,31). The topological polar surface area (TPSA) is 70.1 Å². The number of aromatic nitrogens is 1. The number of benzene rings is 2. The van der Waals surface area contributed by atoms with Crippen molar-refractivity contribution in [2.24, 2.45) is 21.6 Å². The van der Waals surface area contributed by atoms with Crippen LogP contribution in [0.2, 0.25) is 0 Å². The van der Waals surface area contributed by atoms with E-state index in [2.05, 4.69) is 71.4 Å². The number of pyridine rings is 1. The third kappa shape index (κ3) is 3.73. The molecule has 3 aromatic rings. The van der Waals surface area contributed by atoms with E-state index in [0.717, 1.165) is 52.3 Å². The molecule has 0 spiro atoms. The fourth-order valence-electron chi connectivity index (χ4n) is 5.64. The minimum absolute atomic E-state index is 0.0304. The highest BCUT2D eigenvalue weighted by atomic mass is 15.3. The Labute approximate surface area is 200 Å². The van der Waals surface area contributed by atoms with Gasteiger partial charge in [-0.2, -0.15) is 0 Å². The van der Waals surface area contributed by atoms with Crippen LogP contribution in [0, 0.1) is 5.92 Å². The Bertz CT molecular complexity index is 1320. The van der Waals surface area contributed by atoms with Crippen LogP contribution in [0.5, 0.6) is 0 Å². The summed E-state index contributed by atoms with van der Waals surface area (Å²) < 4.78 is 0. The molecule has 1 saturated carbocycles. The smallest absolute Gasteiger partial charge is 0.134 e. The number of hydrogen-bond acceptors (Lipinski definition) is 6. The van der Waals surface area contributed by atoms with Gasteiger partial charge in [0.15, 0.2) is 0 Å². The lowest BCUT2D eigenvalue weighted by Gasteiger charge is -2.44. The van der Waals surface area contributed by atoms with Gasteiger partial charge < -0.3 is 10.6 Å². The van der Waals surface area contributed by atoms with Gasteiger partial charge in [0.1, 0.15) is 18.3 Å². The van der Waals surface area contributed by atoms with Crippen molar-refractivity contribution in [2.45, 2.75) is 25.0 Å². The van der Waals surface area contributed by atoms with Crippen LogP contribution in [-0.2, 0) is 0 Å². The SMILES string of the molecule is CN(C)CC1CC(N2CC(c3ccc4ccc(-c5ccccc5)nc4c3)=C3C(N)=NC=NC32)C1. The van der Waals surface area contributed by atoms with Gasteiger partial charge in [0, 0.05) is 35.7 Å². The summed E-state index contributed by atoms with van der Waals surface area (Å²) in [6.45, 7) is 1.99. The molecule has 2 aliphatic heterocycles. The molecule has 6 nitrogen and oxygen atoms in total. The van der Waals surface area contributed by atoms with E-state index >= 15 is 0 Å². The zero-order valence-corrected chi connectivity index (χ0v) is 19.7. The van der Waals surface area contributed by atoms with Crippen LogP contribution in [0.1, 0.15) is 18.4 Å². The second-order valence-corrected chi connectivity index (χ2v) is 9.94. The third-order valence-corrected chi connectivity index (χ3v) is 7.33. The molecule has 1 aromatic heterocycles. The molecule has 0 radical (unpaired) electrons. The molecule has 3 heterocycles. The van der Waals surface area contributed by atoms with E-state index in [1.165, 1.54) is 18.4 Å². The van der Waals surface area contributed by atoms with Crippen LogP contribution in [0.3, 0.4) is 0 Å². The Hall–Kier alpha value is -3.35. The lowest BCUT2D eigenvalue weighted by Crippen LogP contribution is -2.50. The highest BCUT2D eigenvalue weighted by molar-refractivity contribution is 6.10. The van der Waals surface area contributed by atoms with Gasteiger partial charge in [0.05, 0.1) is 11.2 Å². The van der Waals surface area contributed by atoms with Crippen LogP contribution < -0.4 is 5.73 Å². The number of amidine groups is 1. The molecule has 34 heavy (non-hydrogen) atoms. The van der Waals surface area contributed by atoms with Gasteiger partial charge in [-0.1, -0.05) is 48.5 Å². The van der Waals surface area contributed by atoms with Gasteiger partial charge in [-0.25, -0.2) is 15.0 Å². The Kier molecular flexibility index (Phi) is 5.27. The van der Waals surface area contributed by atoms with E-state index in [0.29, 0.717) is 11.9 Å². The molecule has 172 valence electrons. The minimum atomic E-state index is -0.0304. The van der Waals surface area contributed by atoms with Crippen LogP contribution in [0.15, 0.2) is 76.2 Å². The fourth-order valence-corrected chi connectivity index (χ4v) is 5.64. The third-order valence-electron chi connectivity index (χ3n) is 7.33. The molecule has 1 atom stereocenters. The summed E-state index contributed by atoms with van der Waals surface area (Å²) in [6, 6.07) is 21.7. The lowest BCUT2D eigenvalue weighted by molar-refractivity contribution is 0.0633. The first-order chi connectivity index (χ1) is 16.6. The van der Waals surface area contributed by atoms with Gasteiger partial charge in [-0.15, -0.1) is 0 Å². The molecular formula is C28H30N6. The lowest BCUT2D eigenvalue weighted by atomic mass is 9.79. The summed E-state index contributed by atoms with van der Waals surface area (Å²) in [5.41, 5.74) is 13.0. The predicted octanol–water partition coefficient (Wildman–Crippen LogP) is 4.04. The molecular weight excluding hydrogens is 420 g/mol. The molecule has 2 N–H and O–H groups in total. The Morgan fingerprint density at radius 2 is 1.79 bits per heavy atom. The second-order valence-electron chi connectivity index (χ2n) is 9.94. The molecule has 6 rings (SSSR count). The molecule has 0 saturated heterocycles. The van der Waals surface area contributed by atoms with Crippen molar-refractivity contribution in [2.75, 3.05) is 27.2 Å². The van der Waals surface area contributed by atoms with Gasteiger partial charge in [-0.3, -0.25) is 4.90 Å². The highest BCUT2D eigenvalue weighted by Crippen LogP contribution is 2.42. The maximum Gasteiger partial charge on any atom is 0.134 e. The normalized spacial score (nSPS) is 24.4. The average molecular weight is 451 g/mol. The summed E-state index contributed by atoms with van der Waals surface area (Å²) in [7, 11) is 4.31. The van der Waals surface area contributed by atoms with Gasteiger partial charge in [0.25, 0.3) is 0 Å². The molecule has 2 aromatic carbocycles. The molecule has 1 fully saturated rings. The number of hydrogen-bond donors (Lipinski definition) is 1. The average Bonchev–Trinajstić information content (AvgIpc) is 3.21. The number of rotatable bonds is 5. The van der Waals surface area contributed by atoms with Crippen molar-refractivity contribution >= 4 is 28.7 Å². The van der Waals surface area contributed by atoms with Crippen molar-refractivity contribution < 1.29 is 0 Å². The van der Waals surface area contributed by atoms with E-state index < -0.39 is 0 Å².